The van der Waals surface area contributed by atoms with Gasteiger partial charge in [0.2, 0.25) is 0 Å². The first-order valence-electron chi connectivity index (χ1n) is 8.94. The van der Waals surface area contributed by atoms with Crippen molar-refractivity contribution in [2.24, 2.45) is 4.99 Å². The van der Waals surface area contributed by atoms with E-state index in [1.54, 1.807) is 11.3 Å². The van der Waals surface area contributed by atoms with Crippen LogP contribution in [0.5, 0.6) is 0 Å². The zero-order valence-corrected chi connectivity index (χ0v) is 16.2. The number of nitrogens with one attached hydrogen (secondary N) is 2. The Kier molecular flexibility index (Phi) is 8.49. The van der Waals surface area contributed by atoms with Crippen molar-refractivity contribution in [3.8, 4) is 0 Å². The molecule has 1 fully saturated rings. The molecule has 1 aliphatic rings. The molecule has 0 atom stereocenters. The highest BCUT2D eigenvalue weighted by molar-refractivity contribution is 7.11. The summed E-state index contributed by atoms with van der Waals surface area (Å²) in [7, 11) is 4.03. The summed E-state index contributed by atoms with van der Waals surface area (Å²) in [6.07, 6.45) is 5.31. The number of nitrogens with zero attached hydrogens (tertiary/aromatic N) is 4. The van der Waals surface area contributed by atoms with Gasteiger partial charge in [-0.1, -0.05) is 0 Å². The Morgan fingerprint density at radius 3 is 2.62 bits per heavy atom. The first-order valence-corrected chi connectivity index (χ1v) is 9.76. The monoisotopic (exact) mass is 352 g/mol. The standard InChI is InChI=1S/C17H32N6S/c1-15-14-21-16(24-15)6-8-20-17(18-2)19-7-4-5-9-23-12-10-22(3)11-13-23/h14H,4-13H2,1-3H3,(H2,18,19,20). The van der Waals surface area contributed by atoms with Gasteiger partial charge in [0.25, 0.3) is 0 Å². The maximum atomic E-state index is 4.38. The van der Waals surface area contributed by atoms with E-state index in [1.807, 2.05) is 13.2 Å². The minimum atomic E-state index is 0.869. The van der Waals surface area contributed by atoms with Crippen LogP contribution < -0.4 is 10.6 Å². The second kappa shape index (κ2) is 10.6. The largest absolute Gasteiger partial charge is 0.356 e. The van der Waals surface area contributed by atoms with Gasteiger partial charge in [-0.25, -0.2) is 4.98 Å². The number of aliphatic imine (C=N–C) groups is 1. The first kappa shape index (κ1) is 19.1. The van der Waals surface area contributed by atoms with Gasteiger partial charge in [-0.2, -0.15) is 0 Å². The fourth-order valence-corrected chi connectivity index (χ4v) is 3.55. The van der Waals surface area contributed by atoms with Crippen molar-refractivity contribution in [1.29, 1.82) is 0 Å². The molecule has 24 heavy (non-hydrogen) atoms. The zero-order chi connectivity index (χ0) is 17.2. The third-order valence-electron chi connectivity index (χ3n) is 4.31. The van der Waals surface area contributed by atoms with Crippen LogP contribution >= 0.6 is 11.3 Å². The van der Waals surface area contributed by atoms with Crippen molar-refractivity contribution in [2.75, 3.05) is 59.9 Å². The number of aryl methyl sites for hydroxylation is 1. The molecule has 1 aliphatic heterocycles. The molecule has 2 N–H and O–H groups in total. The second-order valence-electron chi connectivity index (χ2n) is 6.39. The van der Waals surface area contributed by atoms with Crippen LogP contribution in [0.2, 0.25) is 0 Å². The molecule has 2 heterocycles. The van der Waals surface area contributed by atoms with E-state index >= 15 is 0 Å². The lowest BCUT2D eigenvalue weighted by Gasteiger charge is -2.32. The summed E-state index contributed by atoms with van der Waals surface area (Å²) in [5, 5.41) is 7.95. The van der Waals surface area contributed by atoms with Gasteiger partial charge in [-0.3, -0.25) is 4.99 Å². The molecule has 7 heteroatoms. The van der Waals surface area contributed by atoms with Crippen LogP contribution in [0.25, 0.3) is 0 Å². The Morgan fingerprint density at radius 2 is 1.96 bits per heavy atom. The molecule has 0 bridgehead atoms. The Bertz CT molecular complexity index is 493. The van der Waals surface area contributed by atoms with Crippen molar-refractivity contribution in [1.82, 2.24) is 25.4 Å². The number of piperazine rings is 1. The Hall–Kier alpha value is -1.18. The molecule has 0 aliphatic carbocycles. The van der Waals surface area contributed by atoms with Gasteiger partial charge in [0.1, 0.15) is 0 Å². The van der Waals surface area contributed by atoms with E-state index in [0.717, 1.165) is 25.5 Å². The molecule has 0 radical (unpaired) electrons. The van der Waals surface area contributed by atoms with E-state index in [0.29, 0.717) is 0 Å². The summed E-state index contributed by atoms with van der Waals surface area (Å²) in [6.45, 7) is 9.98. The van der Waals surface area contributed by atoms with E-state index in [4.69, 9.17) is 0 Å². The number of unbranched alkanes of at least 4 members (excludes halogenated alkanes) is 1. The molecule has 1 aromatic heterocycles. The number of thiazole rings is 1. The Morgan fingerprint density at radius 1 is 1.21 bits per heavy atom. The summed E-state index contributed by atoms with van der Waals surface area (Å²) in [5.74, 6) is 0.892. The lowest BCUT2D eigenvalue weighted by atomic mass is 10.2. The van der Waals surface area contributed by atoms with E-state index in [2.05, 4.69) is 44.4 Å². The van der Waals surface area contributed by atoms with E-state index in [-0.39, 0.29) is 0 Å². The molecule has 6 nitrogen and oxygen atoms in total. The van der Waals surface area contributed by atoms with Crippen LogP contribution in [-0.4, -0.2) is 80.7 Å². The van der Waals surface area contributed by atoms with Crippen molar-refractivity contribution < 1.29 is 0 Å². The molecule has 0 amide bonds. The number of likely N-dealkylation sites (N-methyl/N-ethyl adjacent to an activating group) is 1. The maximum absolute atomic E-state index is 4.38. The summed E-state index contributed by atoms with van der Waals surface area (Å²) in [6, 6.07) is 0. The van der Waals surface area contributed by atoms with E-state index in [1.165, 1.54) is 55.5 Å². The van der Waals surface area contributed by atoms with Crippen molar-refractivity contribution in [2.45, 2.75) is 26.2 Å². The van der Waals surface area contributed by atoms with Crippen LogP contribution in [0.1, 0.15) is 22.7 Å². The summed E-state index contributed by atoms with van der Waals surface area (Å²) >= 11 is 1.77. The maximum Gasteiger partial charge on any atom is 0.190 e. The van der Waals surface area contributed by atoms with Crippen LogP contribution in [0.15, 0.2) is 11.2 Å². The highest BCUT2D eigenvalue weighted by Gasteiger charge is 2.12. The number of hydrogen-bond acceptors (Lipinski definition) is 5. The molecule has 1 saturated heterocycles. The average molecular weight is 353 g/mol. The number of guanidine groups is 1. The molecule has 2 rings (SSSR count). The molecule has 0 spiro atoms. The zero-order valence-electron chi connectivity index (χ0n) is 15.3. The minimum Gasteiger partial charge on any atom is -0.356 e. The van der Waals surface area contributed by atoms with Crippen molar-refractivity contribution in [3.63, 3.8) is 0 Å². The quantitative estimate of drug-likeness (QED) is 0.418. The van der Waals surface area contributed by atoms with Gasteiger partial charge in [0.15, 0.2) is 5.96 Å². The van der Waals surface area contributed by atoms with Crippen LogP contribution in [0, 0.1) is 6.92 Å². The Labute approximate surface area is 150 Å². The summed E-state index contributed by atoms with van der Waals surface area (Å²) in [5.41, 5.74) is 0. The predicted octanol–water partition coefficient (Wildman–Crippen LogP) is 1.19. The summed E-state index contributed by atoms with van der Waals surface area (Å²) in [4.78, 5) is 14.9. The van der Waals surface area contributed by atoms with Crippen LogP contribution in [-0.2, 0) is 6.42 Å². The SMILES string of the molecule is CN=C(NCCCCN1CCN(C)CC1)NCCc1ncc(C)s1. The number of rotatable bonds is 8. The van der Waals surface area contributed by atoms with Gasteiger partial charge >= 0.3 is 0 Å². The molecule has 136 valence electrons. The molecule has 1 aromatic rings. The van der Waals surface area contributed by atoms with E-state index in [9.17, 15) is 0 Å². The number of hydrogen-bond donors (Lipinski definition) is 2. The summed E-state index contributed by atoms with van der Waals surface area (Å²) < 4.78 is 0. The molecular weight excluding hydrogens is 320 g/mol. The first-order chi connectivity index (χ1) is 11.7. The highest BCUT2D eigenvalue weighted by Crippen LogP contribution is 2.10. The number of aromatic nitrogens is 1. The smallest absolute Gasteiger partial charge is 0.190 e. The normalized spacial score (nSPS) is 17.2. The highest BCUT2D eigenvalue weighted by atomic mass is 32.1. The third kappa shape index (κ3) is 7.15. The lowest BCUT2D eigenvalue weighted by molar-refractivity contribution is 0.152. The fourth-order valence-electron chi connectivity index (χ4n) is 2.76. The van der Waals surface area contributed by atoms with Gasteiger partial charge in [-0.15, -0.1) is 11.3 Å². The average Bonchev–Trinajstić information content (AvgIpc) is 3.00. The third-order valence-corrected chi connectivity index (χ3v) is 5.29. The Balaban J connectivity index is 1.50. The van der Waals surface area contributed by atoms with Crippen molar-refractivity contribution in [3.05, 3.63) is 16.1 Å². The molecule has 0 aromatic carbocycles. The van der Waals surface area contributed by atoms with Gasteiger partial charge in [-0.05, 0) is 33.4 Å². The molecular formula is C17H32N6S. The van der Waals surface area contributed by atoms with Crippen molar-refractivity contribution >= 4 is 17.3 Å². The second-order valence-corrected chi connectivity index (χ2v) is 7.71. The fraction of sp³-hybridized carbons (Fsp3) is 0.765. The van der Waals surface area contributed by atoms with Gasteiger partial charge in [0, 0.05) is 63.8 Å². The molecule has 0 saturated carbocycles. The van der Waals surface area contributed by atoms with E-state index < -0.39 is 0 Å². The lowest BCUT2D eigenvalue weighted by Crippen LogP contribution is -2.44. The topological polar surface area (TPSA) is 55.8 Å². The van der Waals surface area contributed by atoms with Gasteiger partial charge < -0.3 is 20.4 Å². The van der Waals surface area contributed by atoms with Gasteiger partial charge in [0.05, 0.1) is 5.01 Å². The predicted molar refractivity (Wildman–Crippen MR) is 103 cm³/mol. The van der Waals surface area contributed by atoms with Crippen LogP contribution in [0.4, 0.5) is 0 Å². The van der Waals surface area contributed by atoms with Crippen LogP contribution in [0.3, 0.4) is 0 Å². The minimum absolute atomic E-state index is 0.869. The molecule has 0 unspecified atom stereocenters.